The van der Waals surface area contributed by atoms with Crippen molar-refractivity contribution in [2.75, 3.05) is 18.1 Å². The third kappa shape index (κ3) is 2.54. The molecule has 0 aromatic carbocycles. The minimum atomic E-state index is -0.301. The van der Waals surface area contributed by atoms with E-state index in [1.807, 2.05) is 17.2 Å². The van der Waals surface area contributed by atoms with Crippen molar-refractivity contribution in [3.8, 4) is 17.1 Å². The number of carbonyl (C=O) groups excluding carboxylic acids is 1. The Bertz CT molecular complexity index is 775. The Morgan fingerprint density at radius 3 is 3.13 bits per heavy atom. The molecule has 0 radical (unpaired) electrons. The van der Waals surface area contributed by atoms with E-state index in [4.69, 9.17) is 10.5 Å². The Morgan fingerprint density at radius 2 is 2.30 bits per heavy atom. The number of aromatic nitrogens is 3. The van der Waals surface area contributed by atoms with Crippen molar-refractivity contribution in [1.82, 2.24) is 14.5 Å². The van der Waals surface area contributed by atoms with Gasteiger partial charge in [-0.1, -0.05) is 0 Å². The summed E-state index contributed by atoms with van der Waals surface area (Å²) >= 11 is 2.21. The van der Waals surface area contributed by atoms with Gasteiger partial charge in [-0.2, -0.15) is 0 Å². The van der Waals surface area contributed by atoms with E-state index in [9.17, 15) is 4.79 Å². The van der Waals surface area contributed by atoms with E-state index in [1.54, 1.807) is 6.20 Å². The summed E-state index contributed by atoms with van der Waals surface area (Å²) in [6.45, 7) is 2.12. The number of fused-ring (bicyclic) bond motifs is 3. The molecule has 2 aliphatic rings. The van der Waals surface area contributed by atoms with Crippen molar-refractivity contribution >= 4 is 34.3 Å². The highest BCUT2D eigenvalue weighted by Crippen LogP contribution is 2.35. The van der Waals surface area contributed by atoms with Crippen LogP contribution in [0.3, 0.4) is 0 Å². The third-order valence-electron chi connectivity index (χ3n) is 4.30. The highest BCUT2D eigenvalue weighted by Gasteiger charge is 2.31. The minimum absolute atomic E-state index is 0.283. The summed E-state index contributed by atoms with van der Waals surface area (Å²) in [7, 11) is 0. The zero-order chi connectivity index (χ0) is 16.0. The van der Waals surface area contributed by atoms with Crippen LogP contribution in [0.1, 0.15) is 12.8 Å². The molecule has 2 aromatic rings. The van der Waals surface area contributed by atoms with Crippen LogP contribution in [0.15, 0.2) is 18.5 Å². The number of amides is 1. The van der Waals surface area contributed by atoms with Crippen LogP contribution in [-0.4, -0.2) is 39.6 Å². The number of anilines is 1. The molecule has 4 heterocycles. The lowest BCUT2D eigenvalue weighted by molar-refractivity contribution is -0.119. The fourth-order valence-electron chi connectivity index (χ4n) is 3.23. The molecule has 2 N–H and O–H groups in total. The molecule has 8 heteroatoms. The van der Waals surface area contributed by atoms with E-state index in [0.717, 1.165) is 52.6 Å². The molecule has 1 saturated heterocycles. The van der Waals surface area contributed by atoms with Crippen molar-refractivity contribution in [3.05, 3.63) is 22.2 Å². The molecule has 0 saturated carbocycles. The lowest BCUT2D eigenvalue weighted by atomic mass is 10.2. The maximum Gasteiger partial charge on any atom is 0.240 e. The zero-order valence-corrected chi connectivity index (χ0v) is 14.6. The van der Waals surface area contributed by atoms with Crippen LogP contribution < -0.4 is 15.4 Å². The van der Waals surface area contributed by atoms with Gasteiger partial charge in [-0.05, 0) is 35.4 Å². The molecular formula is C15H16IN5O2. The molecule has 0 bridgehead atoms. The fourth-order valence-corrected chi connectivity index (χ4v) is 3.80. The molecule has 2 aliphatic heterocycles. The monoisotopic (exact) mass is 425 g/mol. The van der Waals surface area contributed by atoms with Crippen LogP contribution in [0.25, 0.3) is 11.4 Å². The van der Waals surface area contributed by atoms with Gasteiger partial charge in [0, 0.05) is 25.0 Å². The first-order valence-corrected chi connectivity index (χ1v) is 8.63. The Hall–Kier alpha value is -1.84. The minimum Gasteiger partial charge on any atom is -0.491 e. The highest BCUT2D eigenvalue weighted by molar-refractivity contribution is 14.1. The number of carbonyl (C=O) groups is 1. The number of halogens is 1. The smallest absolute Gasteiger partial charge is 0.240 e. The Morgan fingerprint density at radius 1 is 1.43 bits per heavy atom. The summed E-state index contributed by atoms with van der Waals surface area (Å²) in [6.07, 6.45) is 5.50. The van der Waals surface area contributed by atoms with E-state index in [2.05, 4.69) is 37.1 Å². The number of hydrogen-bond donors (Lipinski definition) is 1. The van der Waals surface area contributed by atoms with Crippen LogP contribution in [0.2, 0.25) is 0 Å². The summed E-state index contributed by atoms with van der Waals surface area (Å²) in [6, 6.07) is 1.61. The molecule has 1 unspecified atom stereocenters. The number of ether oxygens (including phenoxy) is 1. The van der Waals surface area contributed by atoms with Gasteiger partial charge in [0.1, 0.15) is 33.7 Å². The predicted molar refractivity (Wildman–Crippen MR) is 93.2 cm³/mol. The van der Waals surface area contributed by atoms with Gasteiger partial charge in [0.25, 0.3) is 0 Å². The standard InChI is InChI=1S/C15H16IN5O2/c16-12-8-20-4-5-23-11-6-13(18-7-9(11)15(20)19-12)21-3-1-2-10(21)14(17)22/h6-8,10H,1-5H2,(H2,17,22). The van der Waals surface area contributed by atoms with Crippen molar-refractivity contribution < 1.29 is 9.53 Å². The van der Waals surface area contributed by atoms with Crippen molar-refractivity contribution in [3.63, 3.8) is 0 Å². The molecule has 1 amide bonds. The molecule has 4 rings (SSSR count). The quantitative estimate of drug-likeness (QED) is 0.736. The lowest BCUT2D eigenvalue weighted by Gasteiger charge is -2.23. The van der Waals surface area contributed by atoms with Gasteiger partial charge in [-0.25, -0.2) is 9.97 Å². The number of nitrogens with two attached hydrogens (primary N) is 1. The van der Waals surface area contributed by atoms with Crippen LogP contribution in [0.4, 0.5) is 5.82 Å². The fraction of sp³-hybridized carbons (Fsp3) is 0.400. The van der Waals surface area contributed by atoms with E-state index in [-0.39, 0.29) is 11.9 Å². The number of rotatable bonds is 2. The van der Waals surface area contributed by atoms with Gasteiger partial charge in [-0.3, -0.25) is 4.79 Å². The molecule has 1 fully saturated rings. The van der Waals surface area contributed by atoms with Crippen LogP contribution in [0, 0.1) is 3.70 Å². The summed E-state index contributed by atoms with van der Waals surface area (Å²) in [5.74, 6) is 2.06. The molecule has 0 aliphatic carbocycles. The van der Waals surface area contributed by atoms with Gasteiger partial charge in [-0.15, -0.1) is 0 Å². The van der Waals surface area contributed by atoms with Crippen LogP contribution in [-0.2, 0) is 11.3 Å². The number of nitrogens with zero attached hydrogens (tertiary/aromatic N) is 4. The number of primary amides is 1. The average Bonchev–Trinajstić information content (AvgIpc) is 3.11. The Kier molecular flexibility index (Phi) is 3.63. The average molecular weight is 425 g/mol. The number of pyridine rings is 1. The number of imidazole rings is 1. The SMILES string of the molecule is NC(=O)C1CCCN1c1cc2c(cn1)-c1nc(I)cn1CCO2. The Labute approximate surface area is 147 Å². The van der Waals surface area contributed by atoms with Crippen molar-refractivity contribution in [2.24, 2.45) is 5.73 Å². The van der Waals surface area contributed by atoms with Gasteiger partial charge >= 0.3 is 0 Å². The highest BCUT2D eigenvalue weighted by atomic mass is 127. The van der Waals surface area contributed by atoms with Crippen molar-refractivity contribution in [2.45, 2.75) is 25.4 Å². The molecule has 2 aromatic heterocycles. The normalized spacial score (nSPS) is 19.7. The summed E-state index contributed by atoms with van der Waals surface area (Å²) < 4.78 is 8.91. The van der Waals surface area contributed by atoms with Gasteiger partial charge < -0.3 is 19.9 Å². The van der Waals surface area contributed by atoms with E-state index in [1.165, 1.54) is 0 Å². The van der Waals surface area contributed by atoms with Gasteiger partial charge in [0.15, 0.2) is 0 Å². The second-order valence-corrected chi connectivity index (χ2v) is 6.83. The van der Waals surface area contributed by atoms with Crippen LogP contribution >= 0.6 is 22.6 Å². The molecule has 1 atom stereocenters. The molecule has 7 nitrogen and oxygen atoms in total. The lowest BCUT2D eigenvalue weighted by Crippen LogP contribution is -2.40. The molecule has 0 spiro atoms. The molecule has 23 heavy (non-hydrogen) atoms. The second-order valence-electron chi connectivity index (χ2n) is 5.72. The van der Waals surface area contributed by atoms with Crippen molar-refractivity contribution in [1.29, 1.82) is 0 Å². The van der Waals surface area contributed by atoms with E-state index in [0.29, 0.717) is 6.61 Å². The summed E-state index contributed by atoms with van der Waals surface area (Å²) in [5.41, 5.74) is 6.38. The zero-order valence-electron chi connectivity index (χ0n) is 12.4. The largest absolute Gasteiger partial charge is 0.491 e. The first-order valence-electron chi connectivity index (χ1n) is 7.55. The number of hydrogen-bond acceptors (Lipinski definition) is 5. The molecular weight excluding hydrogens is 409 g/mol. The summed E-state index contributed by atoms with van der Waals surface area (Å²) in [4.78, 5) is 22.7. The maximum atomic E-state index is 11.6. The molecule has 120 valence electrons. The maximum absolute atomic E-state index is 11.6. The topological polar surface area (TPSA) is 86.3 Å². The van der Waals surface area contributed by atoms with Gasteiger partial charge in [0.05, 0.1) is 12.1 Å². The van der Waals surface area contributed by atoms with Gasteiger partial charge in [0.2, 0.25) is 5.91 Å². The van der Waals surface area contributed by atoms with E-state index < -0.39 is 0 Å². The third-order valence-corrected chi connectivity index (χ3v) is 4.82. The summed E-state index contributed by atoms with van der Waals surface area (Å²) in [5, 5.41) is 0. The van der Waals surface area contributed by atoms with Crippen LogP contribution in [0.5, 0.6) is 5.75 Å². The Balaban J connectivity index is 1.75. The van der Waals surface area contributed by atoms with E-state index >= 15 is 0 Å². The second kappa shape index (κ2) is 5.66. The predicted octanol–water partition coefficient (Wildman–Crippen LogP) is 1.40. The first kappa shape index (κ1) is 14.7. The first-order chi connectivity index (χ1) is 11.1.